The lowest BCUT2D eigenvalue weighted by Crippen LogP contribution is -2.44. The molecule has 0 bridgehead atoms. The highest BCUT2D eigenvalue weighted by Crippen LogP contribution is 2.22. The number of carbonyl (C=O) groups is 1. The highest BCUT2D eigenvalue weighted by molar-refractivity contribution is 7.15. The number of nitrogens with one attached hydrogen (secondary N) is 2. The number of nitrogens with zero attached hydrogens (tertiary/aromatic N) is 2. The smallest absolute Gasteiger partial charge is 0.237 e. The van der Waals surface area contributed by atoms with E-state index in [-0.39, 0.29) is 18.0 Å². The second-order valence-electron chi connectivity index (χ2n) is 5.53. The van der Waals surface area contributed by atoms with Crippen LogP contribution in [0, 0.1) is 0 Å². The molecule has 0 aliphatic carbocycles. The van der Waals surface area contributed by atoms with Crippen molar-refractivity contribution in [1.82, 2.24) is 20.0 Å². The van der Waals surface area contributed by atoms with Gasteiger partial charge in [-0.15, -0.1) is 11.3 Å². The molecule has 0 unspecified atom stereocenters. The fourth-order valence-electron chi connectivity index (χ4n) is 1.89. The van der Waals surface area contributed by atoms with Gasteiger partial charge in [-0.3, -0.25) is 9.20 Å². The first-order valence-corrected chi connectivity index (χ1v) is 7.29. The van der Waals surface area contributed by atoms with Crippen molar-refractivity contribution in [2.75, 3.05) is 13.7 Å². The third kappa shape index (κ3) is 3.49. The minimum atomic E-state index is -0.215. The zero-order chi connectivity index (χ0) is 14.8. The molecule has 2 heterocycles. The molecule has 0 saturated heterocycles. The summed E-state index contributed by atoms with van der Waals surface area (Å²) in [5.74, 6) is 0.572. The molecule has 2 N–H and O–H groups in total. The van der Waals surface area contributed by atoms with Gasteiger partial charge in [0.25, 0.3) is 0 Å². The lowest BCUT2D eigenvalue weighted by Gasteiger charge is -2.20. The van der Waals surface area contributed by atoms with Crippen LogP contribution in [-0.2, 0) is 11.3 Å². The van der Waals surface area contributed by atoms with Crippen molar-refractivity contribution in [3.8, 4) is 5.88 Å². The third-order valence-electron chi connectivity index (χ3n) is 2.61. The normalized spacial score (nSPS) is 11.8. The maximum Gasteiger partial charge on any atom is 0.237 e. The first kappa shape index (κ1) is 14.8. The topological polar surface area (TPSA) is 67.7 Å². The minimum absolute atomic E-state index is 0.0254. The van der Waals surface area contributed by atoms with Crippen LogP contribution in [0.25, 0.3) is 4.96 Å². The number of amides is 1. The molecular formula is C13H20N4O2S. The summed E-state index contributed by atoms with van der Waals surface area (Å²) in [6.07, 6.45) is 1.95. The van der Waals surface area contributed by atoms with Crippen LogP contribution in [0.15, 0.2) is 11.6 Å². The molecule has 2 rings (SSSR count). The van der Waals surface area contributed by atoms with E-state index in [2.05, 4.69) is 15.6 Å². The Hall–Kier alpha value is -1.60. The predicted octanol–water partition coefficient (Wildman–Crippen LogP) is 1.41. The van der Waals surface area contributed by atoms with Gasteiger partial charge >= 0.3 is 0 Å². The summed E-state index contributed by atoms with van der Waals surface area (Å²) in [4.78, 5) is 17.0. The van der Waals surface area contributed by atoms with Crippen LogP contribution in [0.3, 0.4) is 0 Å². The monoisotopic (exact) mass is 296 g/mol. The molecule has 7 heteroatoms. The Bertz CT molecular complexity index is 597. The summed E-state index contributed by atoms with van der Waals surface area (Å²) in [5, 5.41) is 8.00. The van der Waals surface area contributed by atoms with Crippen molar-refractivity contribution >= 4 is 22.2 Å². The number of rotatable bonds is 5. The molecule has 0 radical (unpaired) electrons. The Kier molecular flexibility index (Phi) is 4.29. The molecule has 110 valence electrons. The number of hydrogen-bond donors (Lipinski definition) is 2. The van der Waals surface area contributed by atoms with E-state index >= 15 is 0 Å². The summed E-state index contributed by atoms with van der Waals surface area (Å²) < 4.78 is 7.23. The van der Waals surface area contributed by atoms with E-state index in [0.29, 0.717) is 12.4 Å². The lowest BCUT2D eigenvalue weighted by atomic mass is 10.1. The van der Waals surface area contributed by atoms with Crippen LogP contribution in [0.2, 0.25) is 0 Å². The van der Waals surface area contributed by atoms with Crippen LogP contribution in [-0.4, -0.2) is 34.5 Å². The molecule has 6 nitrogen and oxygen atoms in total. The molecule has 20 heavy (non-hydrogen) atoms. The molecular weight excluding hydrogens is 276 g/mol. The number of aromatic nitrogens is 2. The number of hydrogen-bond acceptors (Lipinski definition) is 5. The first-order valence-electron chi connectivity index (χ1n) is 6.41. The van der Waals surface area contributed by atoms with Crippen molar-refractivity contribution in [2.24, 2.45) is 0 Å². The van der Waals surface area contributed by atoms with Crippen LogP contribution in [0.5, 0.6) is 5.88 Å². The van der Waals surface area contributed by atoms with Gasteiger partial charge in [0.1, 0.15) is 5.69 Å². The highest BCUT2D eigenvalue weighted by atomic mass is 32.1. The van der Waals surface area contributed by atoms with E-state index in [9.17, 15) is 4.79 Å². The second-order valence-corrected chi connectivity index (χ2v) is 6.40. The van der Waals surface area contributed by atoms with Crippen molar-refractivity contribution in [2.45, 2.75) is 32.9 Å². The van der Waals surface area contributed by atoms with Crippen LogP contribution in [0.1, 0.15) is 26.5 Å². The molecule has 0 aliphatic heterocycles. The summed E-state index contributed by atoms with van der Waals surface area (Å²) in [7, 11) is 1.60. The second kappa shape index (κ2) is 5.80. The number of ether oxygens (including phenoxy) is 1. The SMILES string of the molecule is COc1nc2sccn2c1CNCC(=O)NC(C)(C)C. The average molecular weight is 296 g/mol. The van der Waals surface area contributed by atoms with Crippen LogP contribution < -0.4 is 15.4 Å². The molecule has 0 aliphatic rings. The van der Waals surface area contributed by atoms with Gasteiger partial charge in [0, 0.05) is 23.7 Å². The molecule has 1 amide bonds. The number of methoxy groups -OCH3 is 1. The van der Waals surface area contributed by atoms with Crippen LogP contribution in [0.4, 0.5) is 0 Å². The van der Waals surface area contributed by atoms with Gasteiger partial charge < -0.3 is 15.4 Å². The van der Waals surface area contributed by atoms with Crippen molar-refractivity contribution < 1.29 is 9.53 Å². The molecule has 0 aromatic carbocycles. The Balaban J connectivity index is 1.95. The third-order valence-corrected chi connectivity index (χ3v) is 3.37. The van der Waals surface area contributed by atoms with Gasteiger partial charge in [0.05, 0.1) is 13.7 Å². The fraction of sp³-hybridized carbons (Fsp3) is 0.538. The Labute approximate surface area is 122 Å². The quantitative estimate of drug-likeness (QED) is 0.875. The first-order chi connectivity index (χ1) is 9.40. The van der Waals surface area contributed by atoms with Crippen molar-refractivity contribution in [3.63, 3.8) is 0 Å². The van der Waals surface area contributed by atoms with E-state index in [0.717, 1.165) is 10.7 Å². The maximum absolute atomic E-state index is 11.7. The minimum Gasteiger partial charge on any atom is -0.480 e. The van der Waals surface area contributed by atoms with Gasteiger partial charge in [-0.2, -0.15) is 4.98 Å². The molecule has 2 aromatic rings. The standard InChI is InChI=1S/C13H20N4O2S/c1-13(2,3)16-10(18)8-14-7-9-11(19-4)15-12-17(9)5-6-20-12/h5-6,14H,7-8H2,1-4H3,(H,16,18). The maximum atomic E-state index is 11.7. The van der Waals surface area contributed by atoms with Gasteiger partial charge in [-0.1, -0.05) is 0 Å². The fourth-order valence-corrected chi connectivity index (χ4v) is 2.62. The van der Waals surface area contributed by atoms with E-state index in [4.69, 9.17) is 4.74 Å². The predicted molar refractivity (Wildman–Crippen MR) is 79.2 cm³/mol. The number of carbonyl (C=O) groups excluding carboxylic acids is 1. The van der Waals surface area contributed by atoms with E-state index in [1.54, 1.807) is 18.4 Å². The number of fused-ring (bicyclic) bond motifs is 1. The van der Waals surface area contributed by atoms with Crippen molar-refractivity contribution in [1.29, 1.82) is 0 Å². The zero-order valence-corrected chi connectivity index (χ0v) is 13.0. The molecule has 0 saturated carbocycles. The lowest BCUT2D eigenvalue weighted by molar-refractivity contribution is -0.121. The van der Waals surface area contributed by atoms with Gasteiger partial charge in [-0.05, 0) is 20.8 Å². The van der Waals surface area contributed by atoms with Gasteiger partial charge in [-0.25, -0.2) is 0 Å². The summed E-state index contributed by atoms with van der Waals surface area (Å²) in [6.45, 7) is 6.66. The van der Waals surface area contributed by atoms with E-state index < -0.39 is 0 Å². The summed E-state index contributed by atoms with van der Waals surface area (Å²) in [5.41, 5.74) is 0.709. The molecule has 0 spiro atoms. The largest absolute Gasteiger partial charge is 0.480 e. The molecule has 0 atom stereocenters. The number of imidazole rings is 1. The van der Waals surface area contributed by atoms with Crippen molar-refractivity contribution in [3.05, 3.63) is 17.3 Å². The summed E-state index contributed by atoms with van der Waals surface area (Å²) in [6, 6.07) is 0. The molecule has 0 fully saturated rings. The van der Waals surface area contributed by atoms with E-state index in [1.807, 2.05) is 36.7 Å². The molecule has 2 aromatic heterocycles. The zero-order valence-electron chi connectivity index (χ0n) is 12.2. The van der Waals surface area contributed by atoms with E-state index in [1.165, 1.54) is 0 Å². The highest BCUT2D eigenvalue weighted by Gasteiger charge is 2.15. The average Bonchev–Trinajstić information content (AvgIpc) is 2.88. The Morgan fingerprint density at radius 1 is 1.50 bits per heavy atom. The Morgan fingerprint density at radius 3 is 2.90 bits per heavy atom. The summed E-state index contributed by atoms with van der Waals surface area (Å²) >= 11 is 1.55. The Morgan fingerprint density at radius 2 is 2.25 bits per heavy atom. The number of thiazole rings is 1. The van der Waals surface area contributed by atoms with Gasteiger partial charge in [0.2, 0.25) is 11.8 Å². The van der Waals surface area contributed by atoms with Crippen LogP contribution >= 0.6 is 11.3 Å². The van der Waals surface area contributed by atoms with Gasteiger partial charge in [0.15, 0.2) is 4.96 Å².